The zero-order valence-corrected chi connectivity index (χ0v) is 13.6. The molecule has 1 aliphatic heterocycles. The van der Waals surface area contributed by atoms with Crippen molar-refractivity contribution < 1.29 is 9.13 Å². The number of fused-ring (bicyclic) bond motifs is 3. The molecular weight excluding hydrogens is 339 g/mol. The smallest absolute Gasteiger partial charge is 0.240 e. The molecule has 3 aromatic rings. The Morgan fingerprint density at radius 1 is 1.16 bits per heavy atom. The Bertz CT molecular complexity index is 1100. The largest absolute Gasteiger partial charge is 0.441 e. The van der Waals surface area contributed by atoms with Crippen LogP contribution in [0.15, 0.2) is 53.3 Å². The van der Waals surface area contributed by atoms with Crippen LogP contribution in [0.4, 0.5) is 4.39 Å². The summed E-state index contributed by atoms with van der Waals surface area (Å²) in [4.78, 5) is 12.8. The lowest BCUT2D eigenvalue weighted by Gasteiger charge is -2.30. The minimum absolute atomic E-state index is 0.204. The average Bonchev–Trinajstić information content (AvgIpc) is 2.61. The van der Waals surface area contributed by atoms with Gasteiger partial charge in [-0.3, -0.25) is 10.2 Å². The molecule has 0 saturated heterocycles. The fourth-order valence-electron chi connectivity index (χ4n) is 3.17. The van der Waals surface area contributed by atoms with E-state index >= 15 is 0 Å². The summed E-state index contributed by atoms with van der Waals surface area (Å²) >= 11 is 1.08. The van der Waals surface area contributed by atoms with Gasteiger partial charge in [0.2, 0.25) is 10.6 Å². The maximum Gasteiger partial charge on any atom is 0.240 e. The molecule has 0 radical (unpaired) electrons. The third-order valence-corrected chi connectivity index (χ3v) is 5.29. The first-order valence-corrected chi connectivity index (χ1v) is 8.39. The normalized spacial score (nSPS) is 19.1. The van der Waals surface area contributed by atoms with Crippen molar-refractivity contribution in [1.29, 1.82) is 10.7 Å². The van der Waals surface area contributed by atoms with Crippen LogP contribution in [0.2, 0.25) is 0 Å². The molecule has 1 N–H and O–H groups in total. The monoisotopic (exact) mass is 350 g/mol. The van der Waals surface area contributed by atoms with E-state index in [0.717, 1.165) is 21.4 Å². The van der Waals surface area contributed by atoms with Gasteiger partial charge in [0, 0.05) is 16.0 Å². The first kappa shape index (κ1) is 15.5. The number of halogens is 1. The molecule has 4 rings (SSSR count). The van der Waals surface area contributed by atoms with Gasteiger partial charge >= 0.3 is 0 Å². The summed E-state index contributed by atoms with van der Waals surface area (Å²) in [6, 6.07) is 15.0. The van der Waals surface area contributed by atoms with E-state index in [4.69, 9.17) is 10.1 Å². The SMILES string of the molecule is N#CC1C(=N)Oc2c(c(=O)sc3ccccc23)C1c1ccc(F)cc1. The number of nitriles is 1. The average molecular weight is 350 g/mol. The second kappa shape index (κ2) is 5.80. The van der Waals surface area contributed by atoms with Gasteiger partial charge in [-0.2, -0.15) is 5.26 Å². The second-order valence-corrected chi connectivity index (χ2v) is 6.75. The van der Waals surface area contributed by atoms with E-state index in [1.54, 1.807) is 12.1 Å². The molecule has 0 amide bonds. The minimum atomic E-state index is -0.931. The Kier molecular flexibility index (Phi) is 3.59. The molecular formula is C19H11FN2O2S. The van der Waals surface area contributed by atoms with Gasteiger partial charge in [-0.05, 0) is 29.8 Å². The van der Waals surface area contributed by atoms with E-state index in [1.165, 1.54) is 12.1 Å². The number of benzene rings is 2. The summed E-state index contributed by atoms with van der Waals surface area (Å²) in [6.45, 7) is 0. The molecule has 2 heterocycles. The topological polar surface area (TPSA) is 73.9 Å². The quantitative estimate of drug-likeness (QED) is 0.720. The van der Waals surface area contributed by atoms with E-state index < -0.39 is 17.7 Å². The van der Waals surface area contributed by atoms with Crippen molar-refractivity contribution in [3.63, 3.8) is 0 Å². The van der Waals surface area contributed by atoms with Crippen molar-refractivity contribution in [3.05, 3.63) is 75.0 Å². The standard InChI is InChI=1S/C19H11FN2O2S/c20-11-7-5-10(6-8-11)15-13(9-21)18(22)24-17-12-3-1-2-4-14(12)25-19(23)16(15)17/h1-8,13,15,22H. The molecule has 0 aliphatic carbocycles. The third-order valence-electron chi connectivity index (χ3n) is 4.31. The fourth-order valence-corrected chi connectivity index (χ4v) is 4.11. The highest BCUT2D eigenvalue weighted by atomic mass is 32.1. The Hall–Kier alpha value is -3.04. The predicted molar refractivity (Wildman–Crippen MR) is 93.8 cm³/mol. The number of ether oxygens (including phenoxy) is 1. The fraction of sp³-hybridized carbons (Fsp3) is 0.105. The lowest BCUT2D eigenvalue weighted by molar-refractivity contribution is 0.454. The van der Waals surface area contributed by atoms with E-state index in [9.17, 15) is 14.4 Å². The van der Waals surface area contributed by atoms with Crippen molar-refractivity contribution in [1.82, 2.24) is 0 Å². The summed E-state index contributed by atoms with van der Waals surface area (Å²) in [6.07, 6.45) is 0. The number of nitrogens with zero attached hydrogens (tertiary/aromatic N) is 1. The Morgan fingerprint density at radius 2 is 1.88 bits per heavy atom. The predicted octanol–water partition coefficient (Wildman–Crippen LogP) is 4.04. The zero-order valence-electron chi connectivity index (χ0n) is 12.8. The van der Waals surface area contributed by atoms with E-state index in [0.29, 0.717) is 16.9 Å². The number of rotatable bonds is 1. The third kappa shape index (κ3) is 2.41. The van der Waals surface area contributed by atoms with Gasteiger partial charge in [-0.1, -0.05) is 35.6 Å². The second-order valence-electron chi connectivity index (χ2n) is 5.73. The summed E-state index contributed by atoms with van der Waals surface area (Å²) < 4.78 is 19.4. The maximum atomic E-state index is 13.3. The summed E-state index contributed by atoms with van der Waals surface area (Å²) in [5, 5.41) is 18.4. The molecule has 122 valence electrons. The number of nitrogens with one attached hydrogen (secondary N) is 1. The van der Waals surface area contributed by atoms with Crippen LogP contribution in [0.1, 0.15) is 17.0 Å². The first-order valence-electron chi connectivity index (χ1n) is 7.57. The van der Waals surface area contributed by atoms with Crippen molar-refractivity contribution in [2.45, 2.75) is 5.92 Å². The van der Waals surface area contributed by atoms with Crippen LogP contribution in [-0.2, 0) is 0 Å². The van der Waals surface area contributed by atoms with Crippen molar-refractivity contribution in [2.75, 3.05) is 0 Å². The van der Waals surface area contributed by atoms with Gasteiger partial charge in [-0.25, -0.2) is 4.39 Å². The highest BCUT2D eigenvalue weighted by molar-refractivity contribution is 7.16. The highest BCUT2D eigenvalue weighted by Crippen LogP contribution is 2.44. The van der Waals surface area contributed by atoms with Crippen LogP contribution in [0.25, 0.3) is 10.1 Å². The molecule has 0 saturated carbocycles. The maximum absolute atomic E-state index is 13.3. The molecule has 1 aromatic heterocycles. The van der Waals surface area contributed by atoms with Crippen LogP contribution in [0.3, 0.4) is 0 Å². The van der Waals surface area contributed by atoms with Crippen LogP contribution in [-0.4, -0.2) is 5.90 Å². The molecule has 6 heteroatoms. The molecule has 2 atom stereocenters. The van der Waals surface area contributed by atoms with Crippen LogP contribution in [0, 0.1) is 28.5 Å². The van der Waals surface area contributed by atoms with Gasteiger partial charge in [0.25, 0.3) is 0 Å². The zero-order chi connectivity index (χ0) is 17.6. The molecule has 0 bridgehead atoms. The molecule has 25 heavy (non-hydrogen) atoms. The van der Waals surface area contributed by atoms with E-state index in [1.807, 2.05) is 24.3 Å². The lowest BCUT2D eigenvalue weighted by Crippen LogP contribution is -2.34. The van der Waals surface area contributed by atoms with Gasteiger partial charge in [0.05, 0.1) is 11.6 Å². The molecule has 1 aliphatic rings. The van der Waals surface area contributed by atoms with Crippen molar-refractivity contribution in [3.8, 4) is 11.8 Å². The van der Waals surface area contributed by atoms with Crippen LogP contribution in [0.5, 0.6) is 5.75 Å². The van der Waals surface area contributed by atoms with Crippen molar-refractivity contribution in [2.24, 2.45) is 5.92 Å². The molecule has 0 spiro atoms. The van der Waals surface area contributed by atoms with Gasteiger partial charge in [0.15, 0.2) is 0 Å². The number of hydrogen-bond donors (Lipinski definition) is 1. The molecule has 2 aromatic carbocycles. The minimum Gasteiger partial charge on any atom is -0.441 e. The van der Waals surface area contributed by atoms with Gasteiger partial charge < -0.3 is 4.74 Å². The number of hydrogen-bond acceptors (Lipinski definition) is 5. The molecule has 4 nitrogen and oxygen atoms in total. The Morgan fingerprint density at radius 3 is 2.60 bits per heavy atom. The van der Waals surface area contributed by atoms with Gasteiger partial charge in [0.1, 0.15) is 17.5 Å². The van der Waals surface area contributed by atoms with E-state index in [2.05, 4.69) is 6.07 Å². The van der Waals surface area contributed by atoms with Crippen LogP contribution < -0.4 is 9.48 Å². The lowest BCUT2D eigenvalue weighted by atomic mass is 9.80. The first-order chi connectivity index (χ1) is 12.1. The van der Waals surface area contributed by atoms with Crippen LogP contribution >= 0.6 is 11.3 Å². The summed E-state index contributed by atoms with van der Waals surface area (Å²) in [5.74, 6) is -1.87. The molecule has 0 fully saturated rings. The van der Waals surface area contributed by atoms with Gasteiger partial charge in [-0.15, -0.1) is 0 Å². The Balaban J connectivity index is 2.06. The highest BCUT2D eigenvalue weighted by Gasteiger charge is 2.39. The Labute approximate surface area is 146 Å². The van der Waals surface area contributed by atoms with E-state index in [-0.39, 0.29) is 10.6 Å². The van der Waals surface area contributed by atoms with Crippen molar-refractivity contribution >= 4 is 27.3 Å². The summed E-state index contributed by atoms with van der Waals surface area (Å²) in [7, 11) is 0. The molecule has 2 unspecified atom stereocenters. The summed E-state index contributed by atoms with van der Waals surface area (Å²) in [5.41, 5.74) is 0.972.